The lowest BCUT2D eigenvalue weighted by Crippen LogP contribution is -2.23. The van der Waals surface area contributed by atoms with Gasteiger partial charge in [0.05, 0.1) is 23.2 Å². The first-order valence-electron chi connectivity index (χ1n) is 8.96. The zero-order valence-electron chi connectivity index (χ0n) is 14.5. The quantitative estimate of drug-likeness (QED) is 0.902. The van der Waals surface area contributed by atoms with Gasteiger partial charge in [0.2, 0.25) is 0 Å². The second kappa shape index (κ2) is 6.28. The fraction of sp³-hybridized carbons (Fsp3) is 0.381. The van der Waals surface area contributed by atoms with Crippen LogP contribution in [-0.2, 0) is 5.60 Å². The van der Waals surface area contributed by atoms with Crippen molar-refractivity contribution < 1.29 is 10.2 Å². The van der Waals surface area contributed by atoms with Gasteiger partial charge >= 0.3 is 0 Å². The molecule has 0 spiro atoms. The van der Waals surface area contributed by atoms with Crippen LogP contribution in [0.5, 0.6) is 0 Å². The molecule has 1 heterocycles. The summed E-state index contributed by atoms with van der Waals surface area (Å²) in [5, 5.41) is 25.6. The van der Waals surface area contributed by atoms with Crippen LogP contribution in [0.3, 0.4) is 0 Å². The number of aromatic nitrogens is 2. The van der Waals surface area contributed by atoms with Gasteiger partial charge in [0.1, 0.15) is 5.60 Å². The summed E-state index contributed by atoms with van der Waals surface area (Å²) in [7, 11) is 0. The molecule has 0 radical (unpaired) electrons. The van der Waals surface area contributed by atoms with E-state index in [-0.39, 0.29) is 5.92 Å². The van der Waals surface area contributed by atoms with E-state index in [2.05, 4.69) is 55.5 Å². The number of aliphatic hydroxyl groups excluding tert-OH is 1. The summed E-state index contributed by atoms with van der Waals surface area (Å²) in [5.74, 6) is 0.238. The second-order valence-electron chi connectivity index (χ2n) is 7.29. The summed E-state index contributed by atoms with van der Waals surface area (Å²) in [4.78, 5) is 0. The van der Waals surface area contributed by atoms with Crippen LogP contribution in [0.4, 0.5) is 0 Å². The maximum Gasteiger partial charge on any atom is 0.111 e. The minimum Gasteiger partial charge on any atom is -0.393 e. The summed E-state index contributed by atoms with van der Waals surface area (Å²) >= 11 is 0. The SMILES string of the molecule is Cc1ccc(-n2nc(C3(O)CCC(O)C3)cc2C2C=CC=CC2)cc1. The molecule has 1 aromatic carbocycles. The van der Waals surface area contributed by atoms with Crippen LogP contribution >= 0.6 is 0 Å². The van der Waals surface area contributed by atoms with Crippen molar-refractivity contribution in [2.75, 3.05) is 0 Å². The Hall–Kier alpha value is -2.17. The third-order valence-electron chi connectivity index (χ3n) is 5.32. The van der Waals surface area contributed by atoms with Gasteiger partial charge in [0.25, 0.3) is 0 Å². The molecule has 2 aliphatic rings. The van der Waals surface area contributed by atoms with Gasteiger partial charge in [-0.3, -0.25) is 0 Å². The topological polar surface area (TPSA) is 58.3 Å². The number of nitrogens with zero attached hydrogens (tertiary/aromatic N) is 2. The molecule has 0 saturated heterocycles. The third kappa shape index (κ3) is 3.08. The molecule has 3 atom stereocenters. The van der Waals surface area contributed by atoms with Crippen LogP contribution in [-0.4, -0.2) is 26.1 Å². The van der Waals surface area contributed by atoms with E-state index in [0.29, 0.717) is 25.0 Å². The average Bonchev–Trinajstić information content (AvgIpc) is 3.21. The Morgan fingerprint density at radius 3 is 2.64 bits per heavy atom. The Bertz CT molecular complexity index is 819. The molecule has 4 rings (SSSR count). The predicted octanol–water partition coefficient (Wildman–Crippen LogP) is 3.51. The number of hydrogen-bond donors (Lipinski definition) is 2. The maximum atomic E-state index is 11.0. The Labute approximate surface area is 148 Å². The van der Waals surface area contributed by atoms with E-state index in [0.717, 1.165) is 17.8 Å². The molecule has 1 saturated carbocycles. The largest absolute Gasteiger partial charge is 0.393 e. The van der Waals surface area contributed by atoms with Crippen LogP contribution in [0, 0.1) is 6.92 Å². The third-order valence-corrected chi connectivity index (χ3v) is 5.32. The molecule has 0 bridgehead atoms. The van der Waals surface area contributed by atoms with Gasteiger partial charge in [-0.1, -0.05) is 42.0 Å². The molecular formula is C21H24N2O2. The van der Waals surface area contributed by atoms with Crippen molar-refractivity contribution in [2.24, 2.45) is 0 Å². The lowest BCUT2D eigenvalue weighted by Gasteiger charge is -2.19. The molecule has 4 nitrogen and oxygen atoms in total. The van der Waals surface area contributed by atoms with E-state index in [9.17, 15) is 10.2 Å². The molecule has 1 aromatic heterocycles. The van der Waals surface area contributed by atoms with E-state index < -0.39 is 11.7 Å². The van der Waals surface area contributed by atoms with Gasteiger partial charge in [-0.25, -0.2) is 4.68 Å². The lowest BCUT2D eigenvalue weighted by atomic mass is 9.93. The molecular weight excluding hydrogens is 312 g/mol. The lowest BCUT2D eigenvalue weighted by molar-refractivity contribution is 0.0246. The summed E-state index contributed by atoms with van der Waals surface area (Å²) in [6.45, 7) is 2.07. The summed E-state index contributed by atoms with van der Waals surface area (Å²) < 4.78 is 1.95. The van der Waals surface area contributed by atoms with Crippen molar-refractivity contribution in [1.29, 1.82) is 0 Å². The van der Waals surface area contributed by atoms with Gasteiger partial charge in [-0.2, -0.15) is 5.10 Å². The molecule has 0 aliphatic heterocycles. The summed E-state index contributed by atoms with van der Waals surface area (Å²) in [6.07, 6.45) is 10.5. The monoisotopic (exact) mass is 336 g/mol. The van der Waals surface area contributed by atoms with Crippen LogP contribution in [0.2, 0.25) is 0 Å². The van der Waals surface area contributed by atoms with Crippen molar-refractivity contribution in [1.82, 2.24) is 9.78 Å². The molecule has 3 unspecified atom stereocenters. The van der Waals surface area contributed by atoms with Crippen molar-refractivity contribution in [3.8, 4) is 5.69 Å². The second-order valence-corrected chi connectivity index (χ2v) is 7.29. The Balaban J connectivity index is 1.79. The van der Waals surface area contributed by atoms with Crippen LogP contribution in [0.1, 0.15) is 48.6 Å². The molecule has 4 heteroatoms. The number of allylic oxidation sites excluding steroid dienone is 4. The van der Waals surface area contributed by atoms with Crippen LogP contribution in [0.15, 0.2) is 54.6 Å². The van der Waals surface area contributed by atoms with E-state index >= 15 is 0 Å². The normalized spacial score (nSPS) is 28.6. The standard InChI is InChI=1S/C21H24N2O2/c1-15-7-9-17(10-8-15)23-19(16-5-3-2-4-6-16)13-20(22-23)21(25)12-11-18(24)14-21/h2-5,7-10,13,16,18,24-25H,6,11-12,14H2,1H3. The van der Waals surface area contributed by atoms with Crippen molar-refractivity contribution in [2.45, 2.75) is 50.2 Å². The van der Waals surface area contributed by atoms with Crippen molar-refractivity contribution >= 4 is 0 Å². The fourth-order valence-electron chi connectivity index (χ4n) is 3.81. The summed E-state index contributed by atoms with van der Waals surface area (Å²) in [6, 6.07) is 10.3. The van der Waals surface area contributed by atoms with Gasteiger partial charge < -0.3 is 10.2 Å². The van der Waals surface area contributed by atoms with Gasteiger partial charge in [0, 0.05) is 12.3 Å². The fourth-order valence-corrected chi connectivity index (χ4v) is 3.81. The maximum absolute atomic E-state index is 11.0. The Morgan fingerprint density at radius 1 is 1.20 bits per heavy atom. The van der Waals surface area contributed by atoms with Crippen molar-refractivity contribution in [3.63, 3.8) is 0 Å². The van der Waals surface area contributed by atoms with Crippen LogP contribution in [0.25, 0.3) is 5.69 Å². The molecule has 1 fully saturated rings. The van der Waals surface area contributed by atoms with E-state index in [1.807, 2.05) is 10.7 Å². The first-order valence-corrected chi connectivity index (χ1v) is 8.96. The van der Waals surface area contributed by atoms with Crippen molar-refractivity contribution in [3.05, 3.63) is 71.6 Å². The molecule has 130 valence electrons. The van der Waals surface area contributed by atoms with E-state index in [4.69, 9.17) is 5.10 Å². The molecule has 0 amide bonds. The van der Waals surface area contributed by atoms with Gasteiger partial charge in [-0.05, 0) is 44.4 Å². The first-order chi connectivity index (χ1) is 12.0. The zero-order chi connectivity index (χ0) is 17.4. The van der Waals surface area contributed by atoms with Gasteiger partial charge in [0.15, 0.2) is 0 Å². The smallest absolute Gasteiger partial charge is 0.111 e. The Morgan fingerprint density at radius 2 is 2.00 bits per heavy atom. The molecule has 25 heavy (non-hydrogen) atoms. The first kappa shape index (κ1) is 16.3. The number of aliphatic hydroxyl groups is 2. The minimum atomic E-state index is -1.03. The van der Waals surface area contributed by atoms with Crippen LogP contribution < -0.4 is 0 Å². The molecule has 2 aromatic rings. The molecule has 2 N–H and O–H groups in total. The zero-order valence-corrected chi connectivity index (χ0v) is 14.5. The summed E-state index contributed by atoms with van der Waals surface area (Å²) in [5.41, 5.74) is 2.92. The highest BCUT2D eigenvalue weighted by molar-refractivity contribution is 5.39. The predicted molar refractivity (Wildman–Crippen MR) is 97.7 cm³/mol. The number of aryl methyl sites for hydroxylation is 1. The van der Waals surface area contributed by atoms with Gasteiger partial charge in [-0.15, -0.1) is 0 Å². The Kier molecular flexibility index (Phi) is 4.10. The highest BCUT2D eigenvalue weighted by Gasteiger charge is 2.41. The minimum absolute atomic E-state index is 0.238. The number of rotatable bonds is 3. The number of benzene rings is 1. The highest BCUT2D eigenvalue weighted by Crippen LogP contribution is 2.40. The molecule has 2 aliphatic carbocycles. The number of hydrogen-bond acceptors (Lipinski definition) is 3. The van der Waals surface area contributed by atoms with E-state index in [1.54, 1.807) is 0 Å². The highest BCUT2D eigenvalue weighted by atomic mass is 16.3. The van der Waals surface area contributed by atoms with E-state index in [1.165, 1.54) is 5.56 Å². The average molecular weight is 336 g/mol.